The van der Waals surface area contributed by atoms with Gasteiger partial charge in [-0.1, -0.05) is 11.6 Å². The summed E-state index contributed by atoms with van der Waals surface area (Å²) in [6, 6.07) is 4.19. The number of rotatable bonds is 6. The molecule has 0 aliphatic carbocycles. The summed E-state index contributed by atoms with van der Waals surface area (Å²) in [4.78, 5) is 32.9. The molecule has 114 valence electrons. The predicted molar refractivity (Wildman–Crippen MR) is 79.6 cm³/mol. The van der Waals surface area contributed by atoms with Gasteiger partial charge < -0.3 is 21.1 Å². The predicted octanol–water partition coefficient (Wildman–Crippen LogP) is 2.28. The summed E-state index contributed by atoms with van der Waals surface area (Å²) in [5.41, 5.74) is 0.853. The molecule has 7 nitrogen and oxygen atoms in total. The van der Waals surface area contributed by atoms with Crippen LogP contribution in [0.3, 0.4) is 0 Å². The summed E-state index contributed by atoms with van der Waals surface area (Å²) in [6.07, 6.45) is 0.321. The average Bonchev–Trinajstić information content (AvgIpc) is 2.38. The van der Waals surface area contributed by atoms with Crippen molar-refractivity contribution in [3.63, 3.8) is 0 Å². The van der Waals surface area contributed by atoms with E-state index in [2.05, 4.69) is 16.0 Å². The fourth-order valence-electron chi connectivity index (χ4n) is 1.51. The number of carbonyl (C=O) groups excluding carboxylic acids is 2. The molecule has 0 atom stereocenters. The van der Waals surface area contributed by atoms with Gasteiger partial charge in [-0.25, -0.2) is 4.79 Å². The molecule has 0 aliphatic rings. The van der Waals surface area contributed by atoms with E-state index in [1.54, 1.807) is 12.1 Å². The van der Waals surface area contributed by atoms with Crippen molar-refractivity contribution in [1.82, 2.24) is 5.32 Å². The molecule has 1 aromatic rings. The number of aliphatic carboxylic acids is 1. The molecule has 0 saturated carbocycles. The number of anilines is 2. The van der Waals surface area contributed by atoms with Crippen molar-refractivity contribution in [2.24, 2.45) is 0 Å². The minimum Gasteiger partial charge on any atom is -0.481 e. The highest BCUT2D eigenvalue weighted by atomic mass is 35.5. The lowest BCUT2D eigenvalue weighted by Gasteiger charge is -2.10. The number of halogens is 1. The third-order valence-electron chi connectivity index (χ3n) is 2.39. The van der Waals surface area contributed by atoms with Gasteiger partial charge in [0.1, 0.15) is 0 Å². The molecule has 1 aromatic carbocycles. The Morgan fingerprint density at radius 2 is 1.95 bits per heavy atom. The topological polar surface area (TPSA) is 108 Å². The molecule has 3 amide bonds. The maximum atomic E-state index is 11.6. The van der Waals surface area contributed by atoms with Crippen molar-refractivity contribution in [3.05, 3.63) is 23.2 Å². The van der Waals surface area contributed by atoms with Gasteiger partial charge in [0.2, 0.25) is 5.91 Å². The molecule has 1 rings (SSSR count). The van der Waals surface area contributed by atoms with Gasteiger partial charge in [0.25, 0.3) is 0 Å². The zero-order valence-corrected chi connectivity index (χ0v) is 12.2. The molecular weight excluding hydrogens is 298 g/mol. The number of amides is 3. The second kappa shape index (κ2) is 8.11. The van der Waals surface area contributed by atoms with E-state index >= 15 is 0 Å². The Bertz CT molecular complexity index is 548. The molecule has 0 saturated heterocycles. The van der Waals surface area contributed by atoms with Crippen LogP contribution in [0.1, 0.15) is 19.8 Å². The first-order valence-electron chi connectivity index (χ1n) is 6.22. The normalized spacial score (nSPS) is 9.81. The van der Waals surface area contributed by atoms with Crippen LogP contribution in [0.15, 0.2) is 18.2 Å². The van der Waals surface area contributed by atoms with Gasteiger partial charge in [0, 0.05) is 25.6 Å². The zero-order chi connectivity index (χ0) is 15.8. The molecule has 0 spiro atoms. The van der Waals surface area contributed by atoms with Crippen LogP contribution in [-0.2, 0) is 9.59 Å². The summed E-state index contributed by atoms with van der Waals surface area (Å²) in [7, 11) is 0. The first-order chi connectivity index (χ1) is 9.88. The number of nitrogens with one attached hydrogen (secondary N) is 3. The standard InChI is InChI=1S/C13H16ClN3O4/c1-8(18)16-9-4-5-10(14)11(7-9)17-13(21)15-6-2-3-12(19)20/h4-5,7H,2-3,6H2,1H3,(H,16,18)(H,19,20)(H2,15,17,21). The van der Waals surface area contributed by atoms with Crippen LogP contribution in [0.25, 0.3) is 0 Å². The Morgan fingerprint density at radius 3 is 2.57 bits per heavy atom. The SMILES string of the molecule is CC(=O)Nc1ccc(Cl)c(NC(=O)NCCCC(=O)O)c1. The monoisotopic (exact) mass is 313 g/mol. The van der Waals surface area contributed by atoms with E-state index in [4.69, 9.17) is 16.7 Å². The summed E-state index contributed by atoms with van der Waals surface area (Å²) in [6.45, 7) is 1.61. The summed E-state index contributed by atoms with van der Waals surface area (Å²) >= 11 is 5.95. The molecule has 8 heteroatoms. The number of hydrogen-bond acceptors (Lipinski definition) is 3. The van der Waals surface area contributed by atoms with Gasteiger partial charge >= 0.3 is 12.0 Å². The highest BCUT2D eigenvalue weighted by molar-refractivity contribution is 6.33. The van der Waals surface area contributed by atoms with E-state index < -0.39 is 12.0 Å². The molecule has 21 heavy (non-hydrogen) atoms. The number of urea groups is 1. The van der Waals surface area contributed by atoms with Gasteiger partial charge in [0.05, 0.1) is 10.7 Å². The number of carboxylic acid groups (broad SMARTS) is 1. The van der Waals surface area contributed by atoms with Crippen molar-refractivity contribution >= 4 is 40.9 Å². The Morgan fingerprint density at radius 1 is 1.24 bits per heavy atom. The molecular formula is C13H16ClN3O4. The summed E-state index contributed by atoms with van der Waals surface area (Å²) < 4.78 is 0. The van der Waals surface area contributed by atoms with E-state index in [1.807, 2.05) is 0 Å². The number of hydrogen-bond donors (Lipinski definition) is 4. The number of carbonyl (C=O) groups is 3. The fourth-order valence-corrected chi connectivity index (χ4v) is 1.67. The lowest BCUT2D eigenvalue weighted by atomic mass is 10.2. The van der Waals surface area contributed by atoms with Crippen molar-refractivity contribution in [3.8, 4) is 0 Å². The Hall–Kier alpha value is -2.28. The van der Waals surface area contributed by atoms with Crippen LogP contribution in [-0.4, -0.2) is 29.6 Å². The van der Waals surface area contributed by atoms with Gasteiger partial charge in [-0.05, 0) is 24.6 Å². The Kier molecular flexibility index (Phi) is 6.48. The number of carboxylic acids is 1. The summed E-state index contributed by atoms with van der Waals surface area (Å²) in [5.74, 6) is -1.15. The van der Waals surface area contributed by atoms with E-state index in [1.165, 1.54) is 13.0 Å². The van der Waals surface area contributed by atoms with Crippen LogP contribution in [0.4, 0.5) is 16.2 Å². The highest BCUT2D eigenvalue weighted by Gasteiger charge is 2.07. The van der Waals surface area contributed by atoms with Crippen LogP contribution >= 0.6 is 11.6 Å². The smallest absolute Gasteiger partial charge is 0.319 e. The first kappa shape index (κ1) is 16.8. The quantitative estimate of drug-likeness (QED) is 0.604. The highest BCUT2D eigenvalue weighted by Crippen LogP contribution is 2.25. The van der Waals surface area contributed by atoms with E-state index in [-0.39, 0.29) is 18.9 Å². The van der Waals surface area contributed by atoms with Crippen LogP contribution in [0.2, 0.25) is 5.02 Å². The average molecular weight is 314 g/mol. The lowest BCUT2D eigenvalue weighted by Crippen LogP contribution is -2.30. The molecule has 0 unspecified atom stereocenters. The third-order valence-corrected chi connectivity index (χ3v) is 2.72. The molecule has 0 radical (unpaired) electrons. The van der Waals surface area contributed by atoms with Crippen molar-refractivity contribution in [1.29, 1.82) is 0 Å². The minimum absolute atomic E-state index is 0.0148. The van der Waals surface area contributed by atoms with Crippen molar-refractivity contribution < 1.29 is 19.5 Å². The molecule has 0 bridgehead atoms. The molecule has 0 heterocycles. The fraction of sp³-hybridized carbons (Fsp3) is 0.308. The van der Waals surface area contributed by atoms with Gasteiger partial charge in [-0.2, -0.15) is 0 Å². The number of benzene rings is 1. The van der Waals surface area contributed by atoms with Crippen molar-refractivity contribution in [2.45, 2.75) is 19.8 Å². The van der Waals surface area contributed by atoms with Crippen LogP contribution in [0, 0.1) is 0 Å². The third kappa shape index (κ3) is 6.62. The largest absolute Gasteiger partial charge is 0.481 e. The first-order valence-corrected chi connectivity index (χ1v) is 6.60. The lowest BCUT2D eigenvalue weighted by molar-refractivity contribution is -0.137. The van der Waals surface area contributed by atoms with Gasteiger partial charge in [0.15, 0.2) is 0 Å². The van der Waals surface area contributed by atoms with Gasteiger partial charge in [-0.15, -0.1) is 0 Å². The molecule has 0 aliphatic heterocycles. The minimum atomic E-state index is -0.914. The zero-order valence-electron chi connectivity index (χ0n) is 11.4. The molecule has 4 N–H and O–H groups in total. The second-order valence-corrected chi connectivity index (χ2v) is 4.66. The summed E-state index contributed by atoms with van der Waals surface area (Å²) in [5, 5.41) is 16.4. The van der Waals surface area contributed by atoms with E-state index in [0.717, 1.165) is 0 Å². The van der Waals surface area contributed by atoms with E-state index in [9.17, 15) is 14.4 Å². The molecule has 0 fully saturated rings. The van der Waals surface area contributed by atoms with Crippen molar-refractivity contribution in [2.75, 3.05) is 17.2 Å². The Balaban J connectivity index is 2.54. The van der Waals surface area contributed by atoms with Crippen LogP contribution < -0.4 is 16.0 Å². The maximum absolute atomic E-state index is 11.6. The van der Waals surface area contributed by atoms with Crippen LogP contribution in [0.5, 0.6) is 0 Å². The molecule has 0 aromatic heterocycles. The maximum Gasteiger partial charge on any atom is 0.319 e. The van der Waals surface area contributed by atoms with Gasteiger partial charge in [-0.3, -0.25) is 9.59 Å². The second-order valence-electron chi connectivity index (χ2n) is 4.25. The Labute approximate surface area is 126 Å². The van der Waals surface area contributed by atoms with E-state index in [0.29, 0.717) is 22.8 Å².